The Labute approximate surface area is 151 Å². The number of carbonyl (C=O) groups is 1. The lowest BCUT2D eigenvalue weighted by Gasteiger charge is -2.12. The van der Waals surface area contributed by atoms with Crippen molar-refractivity contribution < 1.29 is 22.4 Å². The summed E-state index contributed by atoms with van der Waals surface area (Å²) in [5, 5.41) is 9.90. The van der Waals surface area contributed by atoms with Crippen LogP contribution in [0.4, 0.5) is 17.6 Å². The van der Waals surface area contributed by atoms with Crippen LogP contribution in [0.3, 0.4) is 0 Å². The van der Waals surface area contributed by atoms with E-state index < -0.39 is 17.6 Å². The van der Waals surface area contributed by atoms with Crippen LogP contribution in [0.2, 0.25) is 0 Å². The number of aromatic nitrogens is 3. The third-order valence-corrected chi connectivity index (χ3v) is 3.89. The van der Waals surface area contributed by atoms with Crippen molar-refractivity contribution in [2.24, 2.45) is 0 Å². The van der Waals surface area contributed by atoms with Crippen LogP contribution in [0.25, 0.3) is 5.69 Å². The number of hydrogen-bond donors (Lipinski definition) is 1. The van der Waals surface area contributed by atoms with Gasteiger partial charge < -0.3 is 5.32 Å². The summed E-state index contributed by atoms with van der Waals surface area (Å²) in [6.45, 7) is 1.28. The molecule has 0 aliphatic carbocycles. The quantitative estimate of drug-likeness (QED) is 0.705. The number of aryl methyl sites for hydroxylation is 1. The van der Waals surface area contributed by atoms with Gasteiger partial charge in [-0.15, -0.1) is 5.10 Å². The topological polar surface area (TPSA) is 59.8 Å². The third kappa shape index (κ3) is 4.13. The molecule has 0 fully saturated rings. The predicted octanol–water partition coefficient (Wildman–Crippen LogP) is 3.66. The zero-order valence-electron chi connectivity index (χ0n) is 14.1. The number of nitrogens with zero attached hydrogens (tertiary/aromatic N) is 3. The van der Waals surface area contributed by atoms with Gasteiger partial charge in [-0.1, -0.05) is 23.4 Å². The number of benzene rings is 2. The van der Waals surface area contributed by atoms with E-state index in [0.717, 1.165) is 6.07 Å². The van der Waals surface area contributed by atoms with Crippen molar-refractivity contribution >= 4 is 5.91 Å². The number of hydrogen-bond acceptors (Lipinski definition) is 3. The molecule has 1 heterocycles. The summed E-state index contributed by atoms with van der Waals surface area (Å²) in [4.78, 5) is 12.2. The average Bonchev–Trinajstić information content (AvgIpc) is 3.11. The van der Waals surface area contributed by atoms with E-state index >= 15 is 0 Å². The fourth-order valence-corrected chi connectivity index (χ4v) is 2.48. The monoisotopic (exact) mass is 378 g/mol. The summed E-state index contributed by atoms with van der Waals surface area (Å²) in [6, 6.07) is 9.26. The van der Waals surface area contributed by atoms with E-state index in [0.29, 0.717) is 11.3 Å². The van der Waals surface area contributed by atoms with E-state index in [1.165, 1.54) is 47.3 Å². The molecule has 0 bridgehead atoms. The van der Waals surface area contributed by atoms with Crippen LogP contribution in [0.1, 0.15) is 27.2 Å². The first-order valence-electron chi connectivity index (χ1n) is 7.88. The lowest BCUT2D eigenvalue weighted by atomic mass is 10.1. The van der Waals surface area contributed by atoms with Gasteiger partial charge in [-0.25, -0.2) is 9.07 Å². The van der Waals surface area contributed by atoms with Crippen molar-refractivity contribution in [3.05, 3.63) is 76.9 Å². The summed E-state index contributed by atoms with van der Waals surface area (Å²) in [6.07, 6.45) is -3.19. The van der Waals surface area contributed by atoms with Crippen molar-refractivity contribution in [3.8, 4) is 5.69 Å². The molecule has 0 aliphatic heterocycles. The molecule has 27 heavy (non-hydrogen) atoms. The maximum Gasteiger partial charge on any atom is 0.416 e. The van der Waals surface area contributed by atoms with E-state index in [9.17, 15) is 22.4 Å². The van der Waals surface area contributed by atoms with Crippen LogP contribution in [-0.2, 0) is 12.7 Å². The molecular weight excluding hydrogens is 364 g/mol. The van der Waals surface area contributed by atoms with Crippen LogP contribution in [0.15, 0.2) is 48.7 Å². The molecule has 1 amide bonds. The Hall–Kier alpha value is -3.23. The number of nitrogens with one attached hydrogen (secondary N) is 1. The fourth-order valence-electron chi connectivity index (χ4n) is 2.48. The molecule has 0 spiro atoms. The Balaban J connectivity index is 1.73. The molecular formula is C18H14F4N4O. The summed E-state index contributed by atoms with van der Waals surface area (Å²) in [5.41, 5.74) is -0.0299. The summed E-state index contributed by atoms with van der Waals surface area (Å²) >= 11 is 0. The second kappa shape index (κ2) is 7.18. The number of amides is 1. The maximum atomic E-state index is 13.3. The highest BCUT2D eigenvalue weighted by atomic mass is 19.4. The molecule has 0 saturated carbocycles. The Morgan fingerprint density at radius 3 is 2.63 bits per heavy atom. The largest absolute Gasteiger partial charge is 0.416 e. The highest BCUT2D eigenvalue weighted by Gasteiger charge is 2.32. The van der Waals surface area contributed by atoms with Gasteiger partial charge in [-0.2, -0.15) is 13.2 Å². The van der Waals surface area contributed by atoms with Crippen LogP contribution in [0, 0.1) is 12.7 Å². The summed E-state index contributed by atoms with van der Waals surface area (Å²) < 4.78 is 53.6. The lowest BCUT2D eigenvalue weighted by molar-refractivity contribution is -0.138. The molecule has 3 aromatic rings. The van der Waals surface area contributed by atoms with Gasteiger partial charge >= 0.3 is 6.18 Å². The van der Waals surface area contributed by atoms with Crippen LogP contribution >= 0.6 is 0 Å². The van der Waals surface area contributed by atoms with Crippen molar-refractivity contribution in [2.75, 3.05) is 0 Å². The number of halogens is 4. The first kappa shape index (κ1) is 18.6. The van der Waals surface area contributed by atoms with Crippen molar-refractivity contribution in [1.82, 2.24) is 20.3 Å². The molecule has 2 aromatic carbocycles. The van der Waals surface area contributed by atoms with E-state index in [1.807, 2.05) is 0 Å². The number of alkyl halides is 3. The van der Waals surface area contributed by atoms with Crippen LogP contribution in [0.5, 0.6) is 0 Å². The lowest BCUT2D eigenvalue weighted by Crippen LogP contribution is -2.24. The molecule has 1 aromatic heterocycles. The summed E-state index contributed by atoms with van der Waals surface area (Å²) in [7, 11) is 0. The fraction of sp³-hybridized carbons (Fsp3) is 0.167. The molecule has 0 atom stereocenters. The standard InChI is InChI=1S/C18H14F4N4O/c1-11-8-13(6-7-15(11)19)26-10-16(24-25-26)17(27)23-9-12-4-2-3-5-14(12)18(20,21)22/h2-8,10H,9H2,1H3,(H,23,27). The SMILES string of the molecule is Cc1cc(-n2cc(C(=O)NCc3ccccc3C(F)(F)F)nn2)ccc1F. The summed E-state index contributed by atoms with van der Waals surface area (Å²) in [5.74, 6) is -1.04. The second-order valence-corrected chi connectivity index (χ2v) is 5.82. The number of carbonyl (C=O) groups excluding carboxylic acids is 1. The molecule has 140 valence electrons. The van der Waals surface area contributed by atoms with Gasteiger partial charge in [0.05, 0.1) is 17.4 Å². The normalized spacial score (nSPS) is 11.4. The second-order valence-electron chi connectivity index (χ2n) is 5.82. The van der Waals surface area contributed by atoms with Crippen molar-refractivity contribution in [3.63, 3.8) is 0 Å². The molecule has 0 saturated heterocycles. The zero-order chi connectivity index (χ0) is 19.6. The molecule has 3 rings (SSSR count). The predicted molar refractivity (Wildman–Crippen MR) is 88.7 cm³/mol. The van der Waals surface area contributed by atoms with Crippen molar-refractivity contribution in [2.45, 2.75) is 19.6 Å². The van der Waals surface area contributed by atoms with E-state index in [1.54, 1.807) is 6.92 Å². The van der Waals surface area contributed by atoms with Gasteiger partial charge in [0.1, 0.15) is 5.82 Å². The van der Waals surface area contributed by atoms with Gasteiger partial charge in [0, 0.05) is 6.54 Å². The average molecular weight is 378 g/mol. The molecule has 5 nitrogen and oxygen atoms in total. The third-order valence-electron chi connectivity index (χ3n) is 3.89. The van der Waals surface area contributed by atoms with Gasteiger partial charge in [0.15, 0.2) is 5.69 Å². The highest BCUT2D eigenvalue weighted by molar-refractivity contribution is 5.91. The Bertz CT molecular complexity index is 981. The van der Waals surface area contributed by atoms with Gasteiger partial charge in [0.2, 0.25) is 0 Å². The van der Waals surface area contributed by atoms with Crippen molar-refractivity contribution in [1.29, 1.82) is 0 Å². The van der Waals surface area contributed by atoms with E-state index in [-0.39, 0.29) is 23.6 Å². The Morgan fingerprint density at radius 1 is 1.19 bits per heavy atom. The Kier molecular flexibility index (Phi) is 4.93. The first-order chi connectivity index (χ1) is 12.8. The molecule has 0 radical (unpaired) electrons. The smallest absolute Gasteiger partial charge is 0.346 e. The van der Waals surface area contributed by atoms with Gasteiger partial charge in [0.25, 0.3) is 5.91 Å². The van der Waals surface area contributed by atoms with Gasteiger partial charge in [-0.05, 0) is 42.3 Å². The number of rotatable bonds is 4. The minimum atomic E-state index is -4.51. The molecule has 0 aliphatic rings. The van der Waals surface area contributed by atoms with Gasteiger partial charge in [-0.3, -0.25) is 4.79 Å². The van der Waals surface area contributed by atoms with Crippen LogP contribution < -0.4 is 5.32 Å². The van der Waals surface area contributed by atoms with E-state index in [4.69, 9.17) is 0 Å². The maximum absolute atomic E-state index is 13.3. The molecule has 1 N–H and O–H groups in total. The molecule has 0 unspecified atom stereocenters. The Morgan fingerprint density at radius 2 is 1.93 bits per heavy atom. The molecule has 9 heteroatoms. The first-order valence-corrected chi connectivity index (χ1v) is 7.88. The minimum absolute atomic E-state index is 0.0556. The highest BCUT2D eigenvalue weighted by Crippen LogP contribution is 2.31. The van der Waals surface area contributed by atoms with E-state index in [2.05, 4.69) is 15.6 Å². The van der Waals surface area contributed by atoms with Crippen LogP contribution in [-0.4, -0.2) is 20.9 Å². The zero-order valence-corrected chi connectivity index (χ0v) is 14.1. The minimum Gasteiger partial charge on any atom is -0.346 e.